The van der Waals surface area contributed by atoms with E-state index < -0.39 is 0 Å². The number of hydrogen-bond donors (Lipinski definition) is 1. The number of rotatable bonds is 0. The Morgan fingerprint density at radius 1 is 1.00 bits per heavy atom. The largest absolute Gasteiger partial charge is 0.323 e. The first-order valence-corrected chi connectivity index (χ1v) is 4.31. The van der Waals surface area contributed by atoms with E-state index >= 15 is 0 Å². The van der Waals surface area contributed by atoms with Crippen LogP contribution in [-0.2, 0) is 0 Å². The van der Waals surface area contributed by atoms with Crippen molar-refractivity contribution in [1.82, 2.24) is 4.90 Å². The molecule has 0 aromatic heterocycles. The van der Waals surface area contributed by atoms with Gasteiger partial charge in [0.15, 0.2) is 0 Å². The van der Waals surface area contributed by atoms with Crippen LogP contribution in [0.1, 0.15) is 25.7 Å². The van der Waals surface area contributed by atoms with Gasteiger partial charge in [-0.15, -0.1) is 0 Å². The van der Waals surface area contributed by atoms with Gasteiger partial charge in [-0.2, -0.15) is 0 Å². The average molecular weight is 138 g/mol. The Bertz CT molecular complexity index is 188. The van der Waals surface area contributed by atoms with Gasteiger partial charge >= 0.3 is 0 Å². The van der Waals surface area contributed by atoms with Crippen LogP contribution in [0.15, 0.2) is 0 Å². The van der Waals surface area contributed by atoms with Crippen LogP contribution >= 0.6 is 0 Å². The molecule has 2 heteroatoms. The number of nitrogens with zero attached hydrogens (tertiary/aromatic N) is 1. The Balaban J connectivity index is 2.02. The normalized spacial score (nSPS) is 58.5. The Kier molecular flexibility index (Phi) is 0.710. The number of hydrogen-bond acceptors (Lipinski definition) is 2. The zero-order chi connectivity index (χ0) is 6.82. The average Bonchev–Trinajstić information content (AvgIpc) is 1.92. The maximum absolute atomic E-state index is 6.24. The molecule has 2 aliphatic heterocycles. The van der Waals surface area contributed by atoms with Gasteiger partial charge in [-0.1, -0.05) is 0 Å². The van der Waals surface area contributed by atoms with E-state index in [0.717, 1.165) is 0 Å². The molecule has 2 nitrogen and oxygen atoms in total. The molecule has 0 radical (unpaired) electrons. The summed E-state index contributed by atoms with van der Waals surface area (Å²) in [6, 6.07) is 0. The molecule has 2 saturated heterocycles. The van der Waals surface area contributed by atoms with Gasteiger partial charge in [0.1, 0.15) is 0 Å². The lowest BCUT2D eigenvalue weighted by Crippen LogP contribution is -2.75. The van der Waals surface area contributed by atoms with Gasteiger partial charge in [0.2, 0.25) is 0 Å². The maximum Gasteiger partial charge on any atom is 0.0402 e. The van der Waals surface area contributed by atoms with Crippen LogP contribution in [0.25, 0.3) is 0 Å². The van der Waals surface area contributed by atoms with Gasteiger partial charge < -0.3 is 5.73 Å². The molecule has 1 spiro atoms. The highest BCUT2D eigenvalue weighted by molar-refractivity contribution is 5.26. The Labute approximate surface area is 61.4 Å². The minimum Gasteiger partial charge on any atom is -0.323 e. The Hall–Kier alpha value is -0.0800. The third-order valence-corrected chi connectivity index (χ3v) is 4.14. The zero-order valence-electron chi connectivity index (χ0n) is 6.27. The lowest BCUT2D eigenvalue weighted by molar-refractivity contribution is -0.0813. The second-order valence-electron chi connectivity index (χ2n) is 4.17. The van der Waals surface area contributed by atoms with E-state index in [0.29, 0.717) is 5.54 Å². The summed E-state index contributed by atoms with van der Waals surface area (Å²) >= 11 is 0. The molecule has 3 aliphatic rings. The molecule has 0 amide bonds. The van der Waals surface area contributed by atoms with E-state index in [1.165, 1.54) is 38.8 Å². The molecule has 56 valence electrons. The molecule has 0 aromatic carbocycles. The van der Waals surface area contributed by atoms with E-state index in [-0.39, 0.29) is 5.54 Å². The molecule has 1 aliphatic carbocycles. The van der Waals surface area contributed by atoms with E-state index in [9.17, 15) is 0 Å². The SMILES string of the molecule is NC12CCN3CCC31CC2. The van der Waals surface area contributed by atoms with E-state index in [1.807, 2.05) is 0 Å². The molecular weight excluding hydrogens is 124 g/mol. The molecule has 2 atom stereocenters. The first kappa shape index (κ1) is 5.56. The molecule has 3 fully saturated rings. The summed E-state index contributed by atoms with van der Waals surface area (Å²) in [4.78, 5) is 2.59. The fourth-order valence-corrected chi connectivity index (χ4v) is 3.14. The lowest BCUT2D eigenvalue weighted by Gasteiger charge is -2.63. The molecule has 2 unspecified atom stereocenters. The summed E-state index contributed by atoms with van der Waals surface area (Å²) in [6.45, 7) is 2.59. The van der Waals surface area contributed by atoms with E-state index in [2.05, 4.69) is 4.90 Å². The van der Waals surface area contributed by atoms with Gasteiger partial charge in [0.25, 0.3) is 0 Å². The van der Waals surface area contributed by atoms with E-state index in [1.54, 1.807) is 0 Å². The fourth-order valence-electron chi connectivity index (χ4n) is 3.14. The first-order valence-electron chi connectivity index (χ1n) is 4.31. The highest BCUT2D eigenvalue weighted by atomic mass is 15.3. The summed E-state index contributed by atoms with van der Waals surface area (Å²) in [7, 11) is 0. The van der Waals surface area contributed by atoms with Crippen LogP contribution in [-0.4, -0.2) is 29.1 Å². The summed E-state index contributed by atoms with van der Waals surface area (Å²) < 4.78 is 0. The molecule has 1 saturated carbocycles. The van der Waals surface area contributed by atoms with Gasteiger partial charge in [-0.05, 0) is 25.7 Å². The molecule has 2 heterocycles. The van der Waals surface area contributed by atoms with Gasteiger partial charge in [0.05, 0.1) is 0 Å². The minimum absolute atomic E-state index is 0.255. The van der Waals surface area contributed by atoms with Crippen molar-refractivity contribution in [2.75, 3.05) is 13.1 Å². The van der Waals surface area contributed by atoms with Crippen molar-refractivity contribution in [2.24, 2.45) is 5.73 Å². The van der Waals surface area contributed by atoms with Crippen molar-refractivity contribution in [3.8, 4) is 0 Å². The summed E-state index contributed by atoms with van der Waals surface area (Å²) in [5.74, 6) is 0. The van der Waals surface area contributed by atoms with Crippen LogP contribution < -0.4 is 5.73 Å². The highest BCUT2D eigenvalue weighted by Gasteiger charge is 2.67. The van der Waals surface area contributed by atoms with Crippen molar-refractivity contribution in [1.29, 1.82) is 0 Å². The number of nitrogens with two attached hydrogens (primary N) is 1. The van der Waals surface area contributed by atoms with Crippen LogP contribution in [0.3, 0.4) is 0 Å². The molecular formula is C8H14N2. The topological polar surface area (TPSA) is 29.3 Å². The van der Waals surface area contributed by atoms with E-state index in [4.69, 9.17) is 5.73 Å². The molecule has 0 aromatic rings. The minimum atomic E-state index is 0.255. The van der Waals surface area contributed by atoms with Crippen LogP contribution in [0.2, 0.25) is 0 Å². The summed E-state index contributed by atoms with van der Waals surface area (Å²) in [5.41, 5.74) is 7.02. The molecule has 3 rings (SSSR count). The third kappa shape index (κ3) is 0.330. The van der Waals surface area contributed by atoms with Crippen LogP contribution in [0.4, 0.5) is 0 Å². The fraction of sp³-hybridized carbons (Fsp3) is 1.00. The Morgan fingerprint density at radius 2 is 1.80 bits per heavy atom. The summed E-state index contributed by atoms with van der Waals surface area (Å²) in [5, 5.41) is 0. The van der Waals surface area contributed by atoms with Crippen molar-refractivity contribution >= 4 is 0 Å². The maximum atomic E-state index is 6.24. The van der Waals surface area contributed by atoms with Crippen molar-refractivity contribution in [3.05, 3.63) is 0 Å². The lowest BCUT2D eigenvalue weighted by atomic mass is 9.57. The molecule has 0 bridgehead atoms. The molecule has 2 N–H and O–H groups in total. The van der Waals surface area contributed by atoms with Crippen LogP contribution in [0, 0.1) is 0 Å². The smallest absolute Gasteiger partial charge is 0.0402 e. The second-order valence-corrected chi connectivity index (χ2v) is 4.17. The second kappa shape index (κ2) is 1.28. The zero-order valence-corrected chi connectivity index (χ0v) is 6.27. The molecule has 10 heavy (non-hydrogen) atoms. The monoisotopic (exact) mass is 138 g/mol. The standard InChI is InChI=1S/C8H14N2/c9-7-1-2-8(7)4-6-10(8)5-3-7/h1-6,9H2. The highest BCUT2D eigenvalue weighted by Crippen LogP contribution is 2.58. The summed E-state index contributed by atoms with van der Waals surface area (Å²) in [6.07, 6.45) is 5.30. The quantitative estimate of drug-likeness (QED) is 0.522. The first-order chi connectivity index (χ1) is 4.77. The van der Waals surface area contributed by atoms with Crippen LogP contribution in [0.5, 0.6) is 0 Å². The predicted octanol–water partition coefficient (Wildman–Crippen LogP) is 0.326. The van der Waals surface area contributed by atoms with Crippen molar-refractivity contribution in [3.63, 3.8) is 0 Å². The third-order valence-electron chi connectivity index (χ3n) is 4.14. The predicted molar refractivity (Wildman–Crippen MR) is 39.7 cm³/mol. The van der Waals surface area contributed by atoms with Gasteiger partial charge in [-0.3, -0.25) is 4.90 Å². The van der Waals surface area contributed by atoms with Gasteiger partial charge in [0, 0.05) is 24.2 Å². The van der Waals surface area contributed by atoms with Crippen molar-refractivity contribution < 1.29 is 0 Å². The van der Waals surface area contributed by atoms with Gasteiger partial charge in [-0.25, -0.2) is 0 Å². The van der Waals surface area contributed by atoms with Crippen molar-refractivity contribution in [2.45, 2.75) is 36.8 Å². The Morgan fingerprint density at radius 3 is 2.10 bits per heavy atom.